The van der Waals surface area contributed by atoms with E-state index < -0.39 is 17.8 Å². The van der Waals surface area contributed by atoms with Crippen LogP contribution in [-0.2, 0) is 14.3 Å². The molecule has 4 amide bonds. The molecule has 4 rings (SSSR count). The molecule has 0 unspecified atom stereocenters. The number of para-hydroxylation sites is 1. The van der Waals surface area contributed by atoms with Gasteiger partial charge >= 0.3 is 6.03 Å². The second-order valence-electron chi connectivity index (χ2n) is 7.63. The zero-order chi connectivity index (χ0) is 23.5. The fourth-order valence-corrected chi connectivity index (χ4v) is 3.94. The summed E-state index contributed by atoms with van der Waals surface area (Å²) in [6.07, 6.45) is 4.97. The number of ether oxygens (including phenoxy) is 1. The molecule has 0 bridgehead atoms. The summed E-state index contributed by atoms with van der Waals surface area (Å²) in [6, 6.07) is 13.6. The Labute approximate surface area is 191 Å². The average molecular weight is 444 g/mol. The number of benzene rings is 1. The Morgan fingerprint density at radius 1 is 0.939 bits per heavy atom. The lowest BCUT2D eigenvalue weighted by molar-refractivity contribution is -0.129. The molecule has 0 spiro atoms. The number of methoxy groups -OCH3 is 1. The molecule has 8 nitrogen and oxygen atoms in total. The van der Waals surface area contributed by atoms with Gasteiger partial charge in [0.1, 0.15) is 5.57 Å². The van der Waals surface area contributed by atoms with Crippen LogP contribution in [0.15, 0.2) is 66.5 Å². The highest BCUT2D eigenvalue weighted by molar-refractivity contribution is 6.39. The van der Waals surface area contributed by atoms with Crippen LogP contribution in [0.1, 0.15) is 17.0 Å². The lowest BCUT2D eigenvalue weighted by Crippen LogP contribution is -2.57. The molecular formula is C25H24N4O4. The maximum atomic E-state index is 13.4. The fourth-order valence-electron chi connectivity index (χ4n) is 3.94. The average Bonchev–Trinajstić information content (AvgIpc) is 3.10. The Bertz CT molecular complexity index is 1230. The fraction of sp³-hybridized carbons (Fsp3) is 0.200. The smallest absolute Gasteiger partial charge is 0.338 e. The van der Waals surface area contributed by atoms with Gasteiger partial charge in [-0.2, -0.15) is 0 Å². The number of pyridine rings is 1. The highest BCUT2D eigenvalue weighted by Gasteiger charge is 2.42. The zero-order valence-corrected chi connectivity index (χ0v) is 18.7. The number of anilines is 1. The number of carbonyl (C=O) groups excluding carboxylic acids is 3. The van der Waals surface area contributed by atoms with Crippen molar-refractivity contribution in [2.24, 2.45) is 0 Å². The number of amides is 4. The van der Waals surface area contributed by atoms with Gasteiger partial charge in [0.2, 0.25) is 0 Å². The van der Waals surface area contributed by atoms with Crippen LogP contribution < -0.4 is 4.90 Å². The Balaban J connectivity index is 1.81. The van der Waals surface area contributed by atoms with Gasteiger partial charge in [-0.25, -0.2) is 9.69 Å². The van der Waals surface area contributed by atoms with Crippen LogP contribution in [0.2, 0.25) is 0 Å². The standard InChI is InChI=1S/C25H24N4O4/c1-17-15-19(18(2)28(17)21-9-11-26-12-10-21)16-22-23(30)27(13-14-33-3)25(32)29(24(22)31)20-7-5-4-6-8-20/h4-12,15-16H,13-14H2,1-3H3/b22-16+. The van der Waals surface area contributed by atoms with Crippen LogP contribution in [0.4, 0.5) is 10.5 Å². The summed E-state index contributed by atoms with van der Waals surface area (Å²) in [5.74, 6) is -1.29. The van der Waals surface area contributed by atoms with E-state index in [4.69, 9.17) is 4.74 Å². The van der Waals surface area contributed by atoms with Crippen LogP contribution in [-0.4, -0.2) is 52.6 Å². The minimum absolute atomic E-state index is 0.0398. The van der Waals surface area contributed by atoms with Gasteiger partial charge < -0.3 is 9.30 Å². The summed E-state index contributed by atoms with van der Waals surface area (Å²) in [6.45, 7) is 4.07. The lowest BCUT2D eigenvalue weighted by atomic mass is 10.1. The van der Waals surface area contributed by atoms with Crippen LogP contribution in [0.3, 0.4) is 0 Å². The van der Waals surface area contributed by atoms with Crippen LogP contribution >= 0.6 is 0 Å². The molecule has 3 aromatic rings. The Morgan fingerprint density at radius 2 is 1.64 bits per heavy atom. The molecule has 0 N–H and O–H groups in total. The van der Waals surface area contributed by atoms with Crippen molar-refractivity contribution in [1.29, 1.82) is 0 Å². The molecule has 1 aliphatic rings. The first-order valence-electron chi connectivity index (χ1n) is 10.5. The van der Waals surface area contributed by atoms with Gasteiger partial charge in [0.15, 0.2) is 0 Å². The summed E-state index contributed by atoms with van der Waals surface area (Å²) in [4.78, 5) is 45.8. The molecule has 1 fully saturated rings. The topological polar surface area (TPSA) is 84.7 Å². The van der Waals surface area contributed by atoms with E-state index in [1.807, 2.05) is 36.6 Å². The molecule has 8 heteroatoms. The van der Waals surface area contributed by atoms with Crippen LogP contribution in [0.25, 0.3) is 11.8 Å². The third kappa shape index (κ3) is 4.08. The quantitative estimate of drug-likeness (QED) is 0.429. The summed E-state index contributed by atoms with van der Waals surface area (Å²) >= 11 is 0. The molecule has 2 aromatic heterocycles. The van der Waals surface area contributed by atoms with Crippen LogP contribution in [0, 0.1) is 13.8 Å². The van der Waals surface area contributed by atoms with Gasteiger partial charge in [-0.05, 0) is 55.8 Å². The van der Waals surface area contributed by atoms with E-state index in [1.165, 1.54) is 7.11 Å². The van der Waals surface area contributed by atoms with Crippen molar-refractivity contribution < 1.29 is 19.1 Å². The van der Waals surface area contributed by atoms with E-state index in [0.717, 1.165) is 32.4 Å². The largest absolute Gasteiger partial charge is 0.383 e. The van der Waals surface area contributed by atoms with Crippen molar-refractivity contribution in [2.75, 3.05) is 25.2 Å². The summed E-state index contributed by atoms with van der Waals surface area (Å²) in [7, 11) is 1.49. The maximum Gasteiger partial charge on any atom is 0.338 e. The molecule has 33 heavy (non-hydrogen) atoms. The third-order valence-corrected chi connectivity index (χ3v) is 5.56. The number of aromatic nitrogens is 2. The number of hydrogen-bond acceptors (Lipinski definition) is 5. The second-order valence-corrected chi connectivity index (χ2v) is 7.63. The number of nitrogens with zero attached hydrogens (tertiary/aromatic N) is 4. The SMILES string of the molecule is COCCN1C(=O)/C(=C\c2cc(C)n(-c3ccncc3)c2C)C(=O)N(c2ccccc2)C1=O. The maximum absolute atomic E-state index is 13.4. The molecule has 168 valence electrons. The predicted molar refractivity (Wildman–Crippen MR) is 124 cm³/mol. The second kappa shape index (κ2) is 9.22. The minimum Gasteiger partial charge on any atom is -0.383 e. The lowest BCUT2D eigenvalue weighted by Gasteiger charge is -2.33. The van der Waals surface area contributed by atoms with Crippen molar-refractivity contribution in [2.45, 2.75) is 13.8 Å². The summed E-state index contributed by atoms with van der Waals surface area (Å²) in [5, 5.41) is 0. The summed E-state index contributed by atoms with van der Waals surface area (Å²) in [5.41, 5.74) is 3.76. The molecule has 0 radical (unpaired) electrons. The highest BCUT2D eigenvalue weighted by Crippen LogP contribution is 2.28. The number of urea groups is 1. The van der Waals surface area contributed by atoms with Crippen molar-refractivity contribution in [3.63, 3.8) is 0 Å². The Hall–Kier alpha value is -4.04. The van der Waals surface area contributed by atoms with E-state index in [-0.39, 0.29) is 18.7 Å². The Morgan fingerprint density at radius 3 is 2.30 bits per heavy atom. The first-order chi connectivity index (χ1) is 15.9. The first kappa shape index (κ1) is 22.2. The van der Waals surface area contributed by atoms with Crippen molar-refractivity contribution in [1.82, 2.24) is 14.5 Å². The van der Waals surface area contributed by atoms with Crippen LogP contribution in [0.5, 0.6) is 0 Å². The van der Waals surface area contributed by atoms with Crippen molar-refractivity contribution in [3.05, 3.63) is 83.4 Å². The Kier molecular flexibility index (Phi) is 6.19. The zero-order valence-electron chi connectivity index (χ0n) is 18.7. The number of rotatable bonds is 6. The molecular weight excluding hydrogens is 420 g/mol. The van der Waals surface area contributed by atoms with E-state index >= 15 is 0 Å². The number of aryl methyl sites for hydroxylation is 1. The van der Waals surface area contributed by atoms with Gasteiger partial charge in [0, 0.05) is 36.6 Å². The number of hydrogen-bond donors (Lipinski definition) is 0. The third-order valence-electron chi connectivity index (χ3n) is 5.56. The van der Waals surface area contributed by atoms with Crippen molar-refractivity contribution >= 4 is 29.6 Å². The normalized spacial score (nSPS) is 15.6. The van der Waals surface area contributed by atoms with Crippen molar-refractivity contribution in [3.8, 4) is 5.69 Å². The molecule has 0 atom stereocenters. The number of carbonyl (C=O) groups is 3. The first-order valence-corrected chi connectivity index (χ1v) is 10.5. The van der Waals surface area contributed by atoms with Gasteiger partial charge in [-0.15, -0.1) is 0 Å². The van der Waals surface area contributed by atoms with E-state index in [2.05, 4.69) is 4.98 Å². The van der Waals surface area contributed by atoms with Gasteiger partial charge in [-0.1, -0.05) is 18.2 Å². The van der Waals surface area contributed by atoms with Gasteiger partial charge in [0.25, 0.3) is 11.8 Å². The summed E-state index contributed by atoms with van der Waals surface area (Å²) < 4.78 is 7.09. The molecule has 0 saturated carbocycles. The molecule has 0 aliphatic carbocycles. The monoisotopic (exact) mass is 444 g/mol. The predicted octanol–water partition coefficient (Wildman–Crippen LogP) is 3.51. The number of barbiturate groups is 1. The van der Waals surface area contributed by atoms with E-state index in [1.54, 1.807) is 48.8 Å². The minimum atomic E-state index is -0.687. The van der Waals surface area contributed by atoms with E-state index in [0.29, 0.717) is 5.69 Å². The number of imide groups is 2. The molecule has 3 heterocycles. The van der Waals surface area contributed by atoms with Gasteiger partial charge in [-0.3, -0.25) is 19.5 Å². The highest BCUT2D eigenvalue weighted by atomic mass is 16.5. The molecule has 1 aliphatic heterocycles. The van der Waals surface area contributed by atoms with E-state index in [9.17, 15) is 14.4 Å². The molecule has 1 saturated heterocycles. The van der Waals surface area contributed by atoms with Gasteiger partial charge in [0.05, 0.1) is 18.8 Å². The molecule has 1 aromatic carbocycles.